The Bertz CT molecular complexity index is 1090. The molecule has 35 heavy (non-hydrogen) atoms. The Labute approximate surface area is 204 Å². The van der Waals surface area contributed by atoms with E-state index in [9.17, 15) is 19.5 Å². The van der Waals surface area contributed by atoms with Crippen molar-refractivity contribution in [3.63, 3.8) is 0 Å². The molecule has 1 aliphatic carbocycles. The van der Waals surface area contributed by atoms with Gasteiger partial charge in [0.15, 0.2) is 0 Å². The molecule has 8 nitrogen and oxygen atoms in total. The summed E-state index contributed by atoms with van der Waals surface area (Å²) in [6.45, 7) is 4.13. The Balaban J connectivity index is 1.41. The van der Waals surface area contributed by atoms with Crippen LogP contribution in [0.1, 0.15) is 29.9 Å². The third kappa shape index (κ3) is 4.79. The average Bonchev–Trinajstić information content (AvgIpc) is 3.43. The van der Waals surface area contributed by atoms with E-state index in [2.05, 4.69) is 24.0 Å². The van der Waals surface area contributed by atoms with Crippen LogP contribution >= 0.6 is 0 Å². The van der Waals surface area contributed by atoms with Gasteiger partial charge < -0.3 is 24.8 Å². The van der Waals surface area contributed by atoms with E-state index in [0.29, 0.717) is 0 Å². The molecular weight excluding hydrogens is 448 g/mol. The number of nitrogens with one attached hydrogen (secondary N) is 1. The number of hydrogen-bond acceptors (Lipinski definition) is 5. The minimum atomic E-state index is -1.15. The smallest absolute Gasteiger partial charge is 0.407 e. The number of likely N-dealkylation sites (tertiary alicyclic amines) is 1. The van der Waals surface area contributed by atoms with Crippen LogP contribution in [-0.4, -0.2) is 67.4 Å². The lowest BCUT2D eigenvalue weighted by molar-refractivity contribution is -0.151. The number of ether oxygens (including phenoxy) is 2. The fraction of sp³-hybridized carbons (Fsp3) is 0.370. The van der Waals surface area contributed by atoms with Gasteiger partial charge in [-0.1, -0.05) is 54.6 Å². The number of alkyl carbamates (subject to hydrolysis) is 1. The normalized spacial score (nSPS) is 19.5. The zero-order valence-corrected chi connectivity index (χ0v) is 19.7. The van der Waals surface area contributed by atoms with Crippen LogP contribution in [0.5, 0.6) is 0 Å². The van der Waals surface area contributed by atoms with Crippen LogP contribution in [0.2, 0.25) is 0 Å². The summed E-state index contributed by atoms with van der Waals surface area (Å²) in [7, 11) is 1.44. The third-order valence-electron chi connectivity index (χ3n) is 6.88. The molecule has 2 aromatic rings. The van der Waals surface area contributed by atoms with Crippen molar-refractivity contribution in [3.05, 3.63) is 72.3 Å². The van der Waals surface area contributed by atoms with Crippen LogP contribution in [0.4, 0.5) is 4.79 Å². The van der Waals surface area contributed by atoms with E-state index in [1.54, 1.807) is 6.08 Å². The van der Waals surface area contributed by atoms with Crippen LogP contribution in [0.3, 0.4) is 0 Å². The highest BCUT2D eigenvalue weighted by atomic mass is 16.5. The van der Waals surface area contributed by atoms with Gasteiger partial charge in [0, 0.05) is 26.1 Å². The van der Waals surface area contributed by atoms with E-state index >= 15 is 0 Å². The first-order chi connectivity index (χ1) is 16.9. The molecule has 2 aliphatic rings. The van der Waals surface area contributed by atoms with Crippen molar-refractivity contribution >= 4 is 18.0 Å². The van der Waals surface area contributed by atoms with Gasteiger partial charge >= 0.3 is 12.1 Å². The van der Waals surface area contributed by atoms with E-state index in [0.717, 1.165) is 22.3 Å². The third-order valence-corrected chi connectivity index (χ3v) is 6.88. The lowest BCUT2D eigenvalue weighted by Crippen LogP contribution is -2.49. The van der Waals surface area contributed by atoms with Crippen LogP contribution in [0.25, 0.3) is 11.1 Å². The molecule has 2 atom stereocenters. The number of fused-ring (bicyclic) bond motifs is 3. The lowest BCUT2D eigenvalue weighted by atomic mass is 9.88. The number of carboxylic acids is 1. The van der Waals surface area contributed by atoms with Gasteiger partial charge in [-0.3, -0.25) is 9.59 Å². The number of amides is 2. The fourth-order valence-corrected chi connectivity index (χ4v) is 5.08. The number of carbonyl (C=O) groups is 3. The highest BCUT2D eigenvalue weighted by Gasteiger charge is 2.47. The quantitative estimate of drug-likeness (QED) is 0.535. The molecule has 184 valence electrons. The largest absolute Gasteiger partial charge is 0.481 e. The maximum Gasteiger partial charge on any atom is 0.407 e. The molecule has 2 aromatic carbocycles. The minimum Gasteiger partial charge on any atom is -0.481 e. The van der Waals surface area contributed by atoms with E-state index < -0.39 is 23.5 Å². The van der Waals surface area contributed by atoms with Crippen molar-refractivity contribution in [3.8, 4) is 11.1 Å². The number of carboxylic acid groups (broad SMARTS) is 1. The number of methoxy groups -OCH3 is 1. The second-order valence-electron chi connectivity index (χ2n) is 9.08. The summed E-state index contributed by atoms with van der Waals surface area (Å²) in [6.07, 6.45) is 1.33. The summed E-state index contributed by atoms with van der Waals surface area (Å²) < 4.78 is 10.7. The molecule has 0 aromatic heterocycles. The molecule has 1 saturated heterocycles. The number of aliphatic carboxylic acids is 1. The van der Waals surface area contributed by atoms with Gasteiger partial charge in [0.05, 0.1) is 6.61 Å². The number of benzene rings is 2. The average molecular weight is 479 g/mol. The van der Waals surface area contributed by atoms with Crippen molar-refractivity contribution in [2.45, 2.75) is 24.8 Å². The highest BCUT2D eigenvalue weighted by Crippen LogP contribution is 2.44. The molecule has 0 radical (unpaired) electrons. The summed E-state index contributed by atoms with van der Waals surface area (Å²) in [5, 5.41) is 12.3. The summed E-state index contributed by atoms with van der Waals surface area (Å²) in [5.41, 5.74) is 3.31. The Morgan fingerprint density at radius 2 is 1.80 bits per heavy atom. The molecule has 1 aliphatic heterocycles. The second-order valence-corrected chi connectivity index (χ2v) is 9.08. The van der Waals surface area contributed by atoms with Gasteiger partial charge in [0.2, 0.25) is 5.91 Å². The van der Waals surface area contributed by atoms with Crippen LogP contribution in [-0.2, 0) is 19.1 Å². The molecule has 4 rings (SSSR count). The summed E-state index contributed by atoms with van der Waals surface area (Å²) in [4.78, 5) is 39.1. The van der Waals surface area contributed by atoms with Crippen LogP contribution < -0.4 is 5.32 Å². The molecular formula is C27H30N2O6. The Morgan fingerprint density at radius 1 is 1.17 bits per heavy atom. The van der Waals surface area contributed by atoms with Crippen LogP contribution in [0.15, 0.2) is 61.2 Å². The lowest BCUT2D eigenvalue weighted by Gasteiger charge is -2.26. The first kappa shape index (κ1) is 24.5. The van der Waals surface area contributed by atoms with E-state index in [1.807, 2.05) is 36.4 Å². The first-order valence-electron chi connectivity index (χ1n) is 11.6. The van der Waals surface area contributed by atoms with Gasteiger partial charge in [-0.2, -0.15) is 0 Å². The summed E-state index contributed by atoms with van der Waals surface area (Å²) in [5.74, 6) is -1.46. The zero-order valence-electron chi connectivity index (χ0n) is 19.7. The predicted octanol–water partition coefficient (Wildman–Crippen LogP) is 3.42. The first-order valence-corrected chi connectivity index (χ1v) is 11.6. The van der Waals surface area contributed by atoms with E-state index in [4.69, 9.17) is 9.47 Å². The van der Waals surface area contributed by atoms with E-state index in [1.165, 1.54) is 12.0 Å². The van der Waals surface area contributed by atoms with Crippen molar-refractivity contribution in [2.75, 3.05) is 33.4 Å². The number of rotatable bonds is 9. The highest BCUT2D eigenvalue weighted by molar-refractivity contribution is 5.87. The molecule has 1 fully saturated rings. The molecule has 2 N–H and O–H groups in total. The molecule has 2 amide bonds. The summed E-state index contributed by atoms with van der Waals surface area (Å²) >= 11 is 0. The maximum absolute atomic E-state index is 13.1. The molecule has 0 spiro atoms. The maximum atomic E-state index is 13.1. The van der Waals surface area contributed by atoms with Crippen molar-refractivity contribution in [2.24, 2.45) is 5.41 Å². The van der Waals surface area contributed by atoms with E-state index in [-0.39, 0.29) is 51.0 Å². The van der Waals surface area contributed by atoms with Crippen molar-refractivity contribution in [1.82, 2.24) is 10.2 Å². The Kier molecular flexibility index (Phi) is 7.21. The monoisotopic (exact) mass is 478 g/mol. The Morgan fingerprint density at radius 3 is 2.37 bits per heavy atom. The summed E-state index contributed by atoms with van der Waals surface area (Å²) in [6, 6.07) is 15.2. The molecule has 8 heteroatoms. The predicted molar refractivity (Wildman–Crippen MR) is 130 cm³/mol. The van der Waals surface area contributed by atoms with Gasteiger partial charge in [-0.05, 0) is 35.1 Å². The van der Waals surface area contributed by atoms with Crippen molar-refractivity contribution in [1.29, 1.82) is 0 Å². The topological polar surface area (TPSA) is 105 Å². The number of carbonyl (C=O) groups excluding carboxylic acids is 2. The fourth-order valence-electron chi connectivity index (χ4n) is 5.08. The number of nitrogens with zero attached hydrogens (tertiary/aromatic N) is 1. The van der Waals surface area contributed by atoms with Gasteiger partial charge in [-0.15, -0.1) is 6.58 Å². The molecule has 1 heterocycles. The minimum absolute atomic E-state index is 0.0119. The zero-order chi connectivity index (χ0) is 25.0. The Hall–Kier alpha value is -3.65. The number of hydrogen-bond donors (Lipinski definition) is 2. The van der Waals surface area contributed by atoms with Gasteiger partial charge in [-0.25, -0.2) is 4.79 Å². The second kappa shape index (κ2) is 10.3. The molecule has 0 saturated carbocycles. The standard InChI is InChI=1S/C27H30N2O6/c1-3-8-23(24(30)29-14-13-27(16-29,17-34-2)25(31)32)28-26(33)35-15-22-20-11-6-4-9-18(20)19-10-5-7-12-21(19)22/h3-7,9-12,22-23H,1,8,13-17H2,2H3,(H,28,33)(H,31,32). The molecule has 2 unspecified atom stereocenters. The molecule has 0 bridgehead atoms. The van der Waals surface area contributed by atoms with Crippen molar-refractivity contribution < 1.29 is 29.0 Å². The van der Waals surface area contributed by atoms with Crippen LogP contribution in [0, 0.1) is 5.41 Å². The SMILES string of the molecule is C=CCC(NC(=O)OCC1c2ccccc2-c2ccccc21)C(=O)N1CCC(COC)(C(=O)O)C1. The van der Waals surface area contributed by atoms with Gasteiger partial charge in [0.25, 0.3) is 0 Å². The van der Waals surface area contributed by atoms with Gasteiger partial charge in [0.1, 0.15) is 18.1 Å².